The lowest BCUT2D eigenvalue weighted by Gasteiger charge is -2.32. The van der Waals surface area contributed by atoms with E-state index in [0.29, 0.717) is 24.1 Å². The van der Waals surface area contributed by atoms with Gasteiger partial charge in [0.15, 0.2) is 0 Å². The Kier molecular flexibility index (Phi) is 4.61. The van der Waals surface area contributed by atoms with Crippen molar-refractivity contribution in [2.75, 3.05) is 24.6 Å². The Bertz CT molecular complexity index is 930. The predicted octanol–water partition coefficient (Wildman–Crippen LogP) is 3.19. The van der Waals surface area contributed by atoms with Gasteiger partial charge in [-0.25, -0.2) is 15.0 Å². The Hall–Kier alpha value is -3.20. The maximum Gasteiger partial charge on any atom is 0.316 e. The van der Waals surface area contributed by atoms with Crippen molar-refractivity contribution in [2.45, 2.75) is 12.8 Å². The molecule has 1 fully saturated rings. The molecule has 3 aromatic rings. The van der Waals surface area contributed by atoms with E-state index in [0.717, 1.165) is 42.7 Å². The fraction of sp³-hybridized carbons (Fsp3) is 0.300. The van der Waals surface area contributed by atoms with Crippen LogP contribution in [0, 0.1) is 17.2 Å². The molecule has 1 aliphatic rings. The standard InChI is InChI=1S/C20H19N5O/c21-13-16-12-19(24-18-5-2-1-4-17(16)18)25-10-6-15(7-11-25)14-26-20-22-8-3-9-23-20/h1-5,8-9,12,15H,6-7,10-11,14H2. The molecule has 1 aromatic carbocycles. The van der Waals surface area contributed by atoms with Crippen molar-refractivity contribution in [3.63, 3.8) is 0 Å². The van der Waals surface area contributed by atoms with Crippen LogP contribution in [0.15, 0.2) is 48.8 Å². The van der Waals surface area contributed by atoms with Crippen LogP contribution in [-0.2, 0) is 0 Å². The second kappa shape index (κ2) is 7.36. The van der Waals surface area contributed by atoms with Crippen LogP contribution in [0.5, 0.6) is 6.01 Å². The summed E-state index contributed by atoms with van der Waals surface area (Å²) in [5.74, 6) is 1.36. The fourth-order valence-corrected chi connectivity index (χ4v) is 3.30. The highest BCUT2D eigenvalue weighted by Crippen LogP contribution is 2.26. The molecule has 0 bridgehead atoms. The van der Waals surface area contributed by atoms with Gasteiger partial charge in [0.1, 0.15) is 5.82 Å². The van der Waals surface area contributed by atoms with Gasteiger partial charge in [-0.15, -0.1) is 0 Å². The van der Waals surface area contributed by atoms with E-state index in [1.165, 1.54) is 0 Å². The third kappa shape index (κ3) is 3.42. The Morgan fingerprint density at radius 1 is 1.12 bits per heavy atom. The first-order valence-electron chi connectivity index (χ1n) is 8.78. The SMILES string of the molecule is N#Cc1cc(N2CCC(COc3ncccn3)CC2)nc2ccccc12. The molecule has 6 nitrogen and oxygen atoms in total. The minimum atomic E-state index is 0.435. The summed E-state index contributed by atoms with van der Waals surface area (Å²) in [6.07, 6.45) is 5.40. The van der Waals surface area contributed by atoms with Gasteiger partial charge in [0.25, 0.3) is 0 Å². The molecule has 0 unspecified atom stereocenters. The molecule has 130 valence electrons. The van der Waals surface area contributed by atoms with Crippen LogP contribution in [0.4, 0.5) is 5.82 Å². The summed E-state index contributed by atoms with van der Waals surface area (Å²) in [6.45, 7) is 2.44. The molecule has 4 rings (SSSR count). The summed E-state index contributed by atoms with van der Waals surface area (Å²) in [5, 5.41) is 10.4. The Morgan fingerprint density at radius 3 is 2.65 bits per heavy atom. The molecule has 0 radical (unpaired) electrons. The molecular formula is C20H19N5O. The van der Waals surface area contributed by atoms with Crippen LogP contribution in [0.1, 0.15) is 18.4 Å². The van der Waals surface area contributed by atoms with E-state index in [1.54, 1.807) is 18.5 Å². The number of benzene rings is 1. The van der Waals surface area contributed by atoms with Crippen LogP contribution >= 0.6 is 0 Å². The quantitative estimate of drug-likeness (QED) is 0.723. The van der Waals surface area contributed by atoms with Crippen molar-refractivity contribution < 1.29 is 4.74 Å². The van der Waals surface area contributed by atoms with E-state index in [4.69, 9.17) is 9.72 Å². The molecule has 1 saturated heterocycles. The predicted molar refractivity (Wildman–Crippen MR) is 98.9 cm³/mol. The first kappa shape index (κ1) is 16.3. The van der Waals surface area contributed by atoms with Gasteiger partial charge in [0, 0.05) is 30.9 Å². The number of nitrogens with zero attached hydrogens (tertiary/aromatic N) is 5. The van der Waals surface area contributed by atoms with Crippen molar-refractivity contribution in [1.82, 2.24) is 15.0 Å². The summed E-state index contributed by atoms with van der Waals surface area (Å²) in [6, 6.07) is 14.2. The molecular weight excluding hydrogens is 326 g/mol. The Balaban J connectivity index is 1.42. The minimum absolute atomic E-state index is 0.435. The molecule has 0 saturated carbocycles. The van der Waals surface area contributed by atoms with E-state index in [9.17, 15) is 5.26 Å². The van der Waals surface area contributed by atoms with Crippen molar-refractivity contribution in [3.05, 3.63) is 54.4 Å². The third-order valence-corrected chi connectivity index (χ3v) is 4.75. The molecule has 0 atom stereocenters. The highest BCUT2D eigenvalue weighted by Gasteiger charge is 2.22. The monoisotopic (exact) mass is 345 g/mol. The van der Waals surface area contributed by atoms with Gasteiger partial charge in [-0.3, -0.25) is 0 Å². The molecule has 2 aromatic heterocycles. The Labute approximate surface area is 152 Å². The first-order chi connectivity index (χ1) is 12.8. The second-order valence-electron chi connectivity index (χ2n) is 6.43. The minimum Gasteiger partial charge on any atom is -0.463 e. The zero-order valence-electron chi connectivity index (χ0n) is 14.4. The average Bonchev–Trinajstić information content (AvgIpc) is 2.72. The van der Waals surface area contributed by atoms with E-state index < -0.39 is 0 Å². The van der Waals surface area contributed by atoms with Gasteiger partial charge in [-0.2, -0.15) is 5.26 Å². The fourth-order valence-electron chi connectivity index (χ4n) is 3.30. The normalized spacial score (nSPS) is 15.0. The smallest absolute Gasteiger partial charge is 0.316 e. The van der Waals surface area contributed by atoms with Crippen LogP contribution in [0.3, 0.4) is 0 Å². The zero-order chi connectivity index (χ0) is 17.8. The van der Waals surface area contributed by atoms with E-state index in [2.05, 4.69) is 20.9 Å². The molecule has 0 amide bonds. The molecule has 26 heavy (non-hydrogen) atoms. The molecule has 3 heterocycles. The maximum absolute atomic E-state index is 9.45. The summed E-state index contributed by atoms with van der Waals surface area (Å²) < 4.78 is 5.68. The van der Waals surface area contributed by atoms with Crippen molar-refractivity contribution in [2.24, 2.45) is 5.92 Å². The third-order valence-electron chi connectivity index (χ3n) is 4.75. The lowest BCUT2D eigenvalue weighted by Crippen LogP contribution is -2.36. The number of piperidine rings is 1. The van der Waals surface area contributed by atoms with E-state index in [1.807, 2.05) is 30.3 Å². The second-order valence-corrected chi connectivity index (χ2v) is 6.43. The lowest BCUT2D eigenvalue weighted by molar-refractivity contribution is 0.208. The number of rotatable bonds is 4. The Morgan fingerprint density at radius 2 is 1.88 bits per heavy atom. The number of nitriles is 1. The number of hydrogen-bond acceptors (Lipinski definition) is 6. The van der Waals surface area contributed by atoms with Crippen LogP contribution in [0.25, 0.3) is 10.9 Å². The van der Waals surface area contributed by atoms with Gasteiger partial charge in [-0.1, -0.05) is 18.2 Å². The number of ether oxygens (including phenoxy) is 1. The summed E-state index contributed by atoms with van der Waals surface area (Å²) in [5.41, 5.74) is 1.55. The number of aromatic nitrogens is 3. The first-order valence-corrected chi connectivity index (χ1v) is 8.78. The number of hydrogen-bond donors (Lipinski definition) is 0. The zero-order valence-corrected chi connectivity index (χ0v) is 14.4. The van der Waals surface area contributed by atoms with Gasteiger partial charge in [0.05, 0.1) is 23.8 Å². The van der Waals surface area contributed by atoms with Crippen molar-refractivity contribution >= 4 is 16.7 Å². The molecule has 0 spiro atoms. The molecule has 0 N–H and O–H groups in total. The largest absolute Gasteiger partial charge is 0.463 e. The summed E-state index contributed by atoms with van der Waals surface area (Å²) in [7, 11) is 0. The summed E-state index contributed by atoms with van der Waals surface area (Å²) >= 11 is 0. The van der Waals surface area contributed by atoms with Gasteiger partial charge in [0.2, 0.25) is 0 Å². The maximum atomic E-state index is 9.45. The lowest BCUT2D eigenvalue weighted by atomic mass is 9.97. The van der Waals surface area contributed by atoms with Gasteiger partial charge < -0.3 is 9.64 Å². The molecule has 0 aliphatic carbocycles. The van der Waals surface area contributed by atoms with Crippen molar-refractivity contribution in [3.8, 4) is 12.1 Å². The highest BCUT2D eigenvalue weighted by atomic mass is 16.5. The van der Waals surface area contributed by atoms with Gasteiger partial charge in [-0.05, 0) is 37.0 Å². The van der Waals surface area contributed by atoms with Gasteiger partial charge >= 0.3 is 6.01 Å². The van der Waals surface area contributed by atoms with Crippen LogP contribution < -0.4 is 9.64 Å². The number of pyridine rings is 1. The van der Waals surface area contributed by atoms with E-state index in [-0.39, 0.29) is 0 Å². The van der Waals surface area contributed by atoms with Crippen LogP contribution in [-0.4, -0.2) is 34.6 Å². The number of anilines is 1. The van der Waals surface area contributed by atoms with E-state index >= 15 is 0 Å². The number of para-hydroxylation sites is 1. The topological polar surface area (TPSA) is 74.9 Å². The average molecular weight is 345 g/mol. The number of fused-ring (bicyclic) bond motifs is 1. The summed E-state index contributed by atoms with van der Waals surface area (Å²) in [4.78, 5) is 15.2. The molecule has 1 aliphatic heterocycles. The highest BCUT2D eigenvalue weighted by molar-refractivity contribution is 5.86. The van der Waals surface area contributed by atoms with Crippen molar-refractivity contribution in [1.29, 1.82) is 5.26 Å². The van der Waals surface area contributed by atoms with Crippen LogP contribution in [0.2, 0.25) is 0 Å². The molecule has 6 heteroatoms.